The van der Waals surface area contributed by atoms with Crippen LogP contribution in [0.4, 0.5) is 0 Å². The Labute approximate surface area is 197 Å². The maximum Gasteiger partial charge on any atom is 0.262 e. The molecular formula is C24H30N4O4S. The number of thiophene rings is 1. The number of amides is 1. The normalized spacial score (nSPS) is 14.7. The molecule has 1 N–H and O–H groups in total. The Morgan fingerprint density at radius 1 is 1.36 bits per heavy atom. The van der Waals surface area contributed by atoms with Gasteiger partial charge in [0.2, 0.25) is 0 Å². The molecule has 33 heavy (non-hydrogen) atoms. The van der Waals surface area contributed by atoms with E-state index in [9.17, 15) is 9.59 Å². The van der Waals surface area contributed by atoms with Gasteiger partial charge in [-0.3, -0.25) is 14.5 Å². The van der Waals surface area contributed by atoms with E-state index in [-0.39, 0.29) is 11.5 Å². The van der Waals surface area contributed by atoms with E-state index >= 15 is 0 Å². The van der Waals surface area contributed by atoms with Gasteiger partial charge in [0.1, 0.15) is 17.2 Å². The molecule has 0 spiro atoms. The first-order valence-corrected chi connectivity index (χ1v) is 12.0. The molecule has 3 aromatic rings. The predicted octanol–water partition coefficient (Wildman–Crippen LogP) is 2.72. The fourth-order valence-corrected chi connectivity index (χ4v) is 5.10. The third-order valence-corrected chi connectivity index (χ3v) is 7.29. The van der Waals surface area contributed by atoms with Gasteiger partial charge in [-0.15, -0.1) is 11.3 Å². The monoisotopic (exact) mass is 470 g/mol. The average molecular weight is 471 g/mol. The molecule has 0 bridgehead atoms. The predicted molar refractivity (Wildman–Crippen MR) is 129 cm³/mol. The average Bonchev–Trinajstić information content (AvgIpc) is 3.17. The molecule has 1 aromatic carbocycles. The van der Waals surface area contributed by atoms with Crippen LogP contribution in [0.25, 0.3) is 10.2 Å². The Kier molecular flexibility index (Phi) is 7.42. The lowest BCUT2D eigenvalue weighted by atomic mass is 10.1. The summed E-state index contributed by atoms with van der Waals surface area (Å²) in [7, 11) is 3.79. The zero-order chi connectivity index (χ0) is 23.4. The van der Waals surface area contributed by atoms with E-state index in [0.717, 1.165) is 43.9 Å². The summed E-state index contributed by atoms with van der Waals surface area (Å²) in [5.74, 6) is 0.579. The molecule has 1 fully saturated rings. The van der Waals surface area contributed by atoms with E-state index in [1.54, 1.807) is 14.0 Å². The molecule has 176 valence electrons. The number of carbonyl (C=O) groups is 1. The molecule has 9 heteroatoms. The Morgan fingerprint density at radius 3 is 2.94 bits per heavy atom. The van der Waals surface area contributed by atoms with Crippen LogP contribution in [0.1, 0.15) is 33.6 Å². The van der Waals surface area contributed by atoms with Crippen molar-refractivity contribution in [2.75, 3.05) is 33.4 Å². The van der Waals surface area contributed by atoms with Gasteiger partial charge in [-0.05, 0) is 50.1 Å². The molecule has 0 atom stereocenters. The minimum Gasteiger partial charge on any atom is -0.492 e. The number of benzene rings is 1. The second kappa shape index (κ2) is 10.5. The van der Waals surface area contributed by atoms with Gasteiger partial charge in [-0.1, -0.05) is 12.1 Å². The maximum absolute atomic E-state index is 12.8. The number of ether oxygens (including phenoxy) is 2. The van der Waals surface area contributed by atoms with Gasteiger partial charge >= 0.3 is 0 Å². The first-order valence-electron chi connectivity index (χ1n) is 11.2. The van der Waals surface area contributed by atoms with E-state index < -0.39 is 0 Å². The van der Waals surface area contributed by atoms with Gasteiger partial charge in [0.15, 0.2) is 0 Å². The summed E-state index contributed by atoms with van der Waals surface area (Å²) < 4.78 is 12.8. The molecule has 0 unspecified atom stereocenters. The van der Waals surface area contributed by atoms with Crippen molar-refractivity contribution < 1.29 is 14.3 Å². The summed E-state index contributed by atoms with van der Waals surface area (Å²) >= 11 is 1.24. The second-order valence-electron chi connectivity index (χ2n) is 8.40. The molecular weight excluding hydrogens is 440 g/mol. The number of aromatic nitrogens is 2. The van der Waals surface area contributed by atoms with Crippen LogP contribution < -0.4 is 15.6 Å². The third-order valence-electron chi connectivity index (χ3n) is 6.10. The standard InChI is InChI=1S/C24H30N4O4S/c1-16-20-23(26-15-28(3)24(20)30)33-21(16)22(29)25-14-17-5-4-6-19(13-17)32-12-9-27(2)18-7-10-31-11-8-18/h4-6,13,15,18H,7-12,14H2,1-3H3,(H,25,29). The second-order valence-corrected chi connectivity index (χ2v) is 9.40. The zero-order valence-corrected chi connectivity index (χ0v) is 20.1. The molecule has 4 rings (SSSR count). The van der Waals surface area contributed by atoms with Crippen molar-refractivity contribution in [1.29, 1.82) is 0 Å². The number of rotatable bonds is 8. The zero-order valence-electron chi connectivity index (χ0n) is 19.3. The van der Waals surface area contributed by atoms with Crippen molar-refractivity contribution in [3.8, 4) is 5.75 Å². The number of nitrogens with zero attached hydrogens (tertiary/aromatic N) is 3. The number of hydrogen-bond acceptors (Lipinski definition) is 7. The maximum atomic E-state index is 12.8. The van der Waals surface area contributed by atoms with Crippen molar-refractivity contribution in [2.24, 2.45) is 7.05 Å². The minimum absolute atomic E-state index is 0.139. The van der Waals surface area contributed by atoms with Crippen LogP contribution in [-0.2, 0) is 18.3 Å². The first kappa shape index (κ1) is 23.4. The summed E-state index contributed by atoms with van der Waals surface area (Å²) in [6, 6.07) is 8.31. The van der Waals surface area contributed by atoms with E-state index in [1.807, 2.05) is 24.3 Å². The number of likely N-dealkylation sites (N-methyl/N-ethyl adjacent to an activating group) is 1. The lowest BCUT2D eigenvalue weighted by molar-refractivity contribution is 0.0392. The van der Waals surface area contributed by atoms with E-state index in [1.165, 1.54) is 22.2 Å². The number of carbonyl (C=O) groups excluding carboxylic acids is 1. The molecule has 1 aliphatic heterocycles. The van der Waals surface area contributed by atoms with Crippen LogP contribution >= 0.6 is 11.3 Å². The van der Waals surface area contributed by atoms with Crippen molar-refractivity contribution >= 4 is 27.5 Å². The quantitative estimate of drug-likeness (QED) is 0.545. The van der Waals surface area contributed by atoms with Crippen LogP contribution in [0.2, 0.25) is 0 Å². The number of aryl methyl sites for hydroxylation is 2. The summed E-state index contributed by atoms with van der Waals surface area (Å²) in [5, 5.41) is 3.47. The van der Waals surface area contributed by atoms with E-state index in [2.05, 4.69) is 22.2 Å². The Hall–Kier alpha value is -2.75. The Bertz CT molecular complexity index is 1180. The topological polar surface area (TPSA) is 85.7 Å². The molecule has 0 radical (unpaired) electrons. The first-order chi connectivity index (χ1) is 15.9. The lowest BCUT2D eigenvalue weighted by Crippen LogP contribution is -2.38. The van der Waals surface area contributed by atoms with Crippen molar-refractivity contribution in [3.05, 3.63) is 57.0 Å². The highest BCUT2D eigenvalue weighted by Crippen LogP contribution is 2.26. The molecule has 8 nitrogen and oxygen atoms in total. The van der Waals surface area contributed by atoms with Gasteiger partial charge in [-0.2, -0.15) is 0 Å². The van der Waals surface area contributed by atoms with Crippen LogP contribution in [0.15, 0.2) is 35.4 Å². The molecule has 1 amide bonds. The van der Waals surface area contributed by atoms with E-state index in [4.69, 9.17) is 9.47 Å². The van der Waals surface area contributed by atoms with Gasteiger partial charge in [-0.25, -0.2) is 4.98 Å². The van der Waals surface area contributed by atoms with Gasteiger partial charge in [0.05, 0.1) is 16.6 Å². The van der Waals surface area contributed by atoms with Gasteiger partial charge in [0, 0.05) is 39.4 Å². The number of hydrogen-bond donors (Lipinski definition) is 1. The Morgan fingerprint density at radius 2 is 2.15 bits per heavy atom. The van der Waals surface area contributed by atoms with Crippen molar-refractivity contribution in [3.63, 3.8) is 0 Å². The fraction of sp³-hybridized carbons (Fsp3) is 0.458. The van der Waals surface area contributed by atoms with Crippen LogP contribution in [0, 0.1) is 6.92 Å². The highest BCUT2D eigenvalue weighted by Gasteiger charge is 2.19. The fourth-order valence-electron chi connectivity index (χ4n) is 4.05. The summed E-state index contributed by atoms with van der Waals surface area (Å²) in [6.45, 7) is 5.28. The van der Waals surface area contributed by atoms with E-state index in [0.29, 0.717) is 39.9 Å². The number of nitrogens with one attached hydrogen (secondary N) is 1. The largest absolute Gasteiger partial charge is 0.492 e. The Balaban J connectivity index is 1.33. The molecule has 0 aliphatic carbocycles. The summed E-state index contributed by atoms with van der Waals surface area (Å²) in [4.78, 5) is 32.9. The lowest BCUT2D eigenvalue weighted by Gasteiger charge is -2.31. The molecule has 1 aliphatic rings. The highest BCUT2D eigenvalue weighted by atomic mass is 32.1. The summed E-state index contributed by atoms with van der Waals surface area (Å²) in [6.07, 6.45) is 3.61. The summed E-state index contributed by atoms with van der Waals surface area (Å²) in [5.41, 5.74) is 1.48. The van der Waals surface area contributed by atoms with Gasteiger partial charge in [0.25, 0.3) is 11.5 Å². The SMILES string of the molecule is Cc1c(C(=O)NCc2cccc(OCCN(C)C3CCOCC3)c2)sc2ncn(C)c(=O)c12. The smallest absolute Gasteiger partial charge is 0.262 e. The molecule has 1 saturated heterocycles. The van der Waals surface area contributed by atoms with Crippen molar-refractivity contribution in [2.45, 2.75) is 32.4 Å². The van der Waals surface area contributed by atoms with Crippen LogP contribution in [-0.4, -0.2) is 59.8 Å². The number of fused-ring (bicyclic) bond motifs is 1. The molecule has 2 aromatic heterocycles. The highest BCUT2D eigenvalue weighted by molar-refractivity contribution is 7.20. The van der Waals surface area contributed by atoms with Crippen LogP contribution in [0.5, 0.6) is 5.75 Å². The third kappa shape index (κ3) is 5.43. The van der Waals surface area contributed by atoms with Crippen molar-refractivity contribution in [1.82, 2.24) is 19.8 Å². The van der Waals surface area contributed by atoms with Gasteiger partial charge < -0.3 is 19.4 Å². The molecule has 0 saturated carbocycles. The van der Waals surface area contributed by atoms with Crippen LogP contribution in [0.3, 0.4) is 0 Å². The minimum atomic E-state index is -0.207. The molecule has 3 heterocycles.